The molecule has 1 heterocycles. The number of halogens is 1. The molecule has 27 heavy (non-hydrogen) atoms. The van der Waals surface area contributed by atoms with Gasteiger partial charge in [0.2, 0.25) is 0 Å². The van der Waals surface area contributed by atoms with Crippen molar-refractivity contribution < 1.29 is 0 Å². The Bertz CT molecular complexity index is 721. The van der Waals surface area contributed by atoms with Crippen LogP contribution in [0, 0.1) is 6.92 Å². The van der Waals surface area contributed by atoms with Gasteiger partial charge in [-0.05, 0) is 31.2 Å². The Labute approximate surface area is 179 Å². The van der Waals surface area contributed by atoms with E-state index in [-0.39, 0.29) is 24.0 Å². The number of guanidine groups is 1. The van der Waals surface area contributed by atoms with E-state index in [2.05, 4.69) is 58.1 Å². The predicted molar refractivity (Wildman–Crippen MR) is 121 cm³/mol. The normalized spacial score (nSPS) is 16.0. The van der Waals surface area contributed by atoms with Gasteiger partial charge in [-0.1, -0.05) is 50.1 Å². The number of rotatable bonds is 6. The van der Waals surface area contributed by atoms with Crippen LogP contribution >= 0.6 is 24.0 Å². The van der Waals surface area contributed by atoms with Gasteiger partial charge >= 0.3 is 0 Å². The van der Waals surface area contributed by atoms with Crippen LogP contribution in [-0.2, 0) is 13.6 Å². The first kappa shape index (κ1) is 21.7. The Hall–Kier alpha value is -1.64. The summed E-state index contributed by atoms with van der Waals surface area (Å²) in [6.45, 7) is 5.57. The smallest absolute Gasteiger partial charge is 0.191 e. The fourth-order valence-corrected chi connectivity index (χ4v) is 3.30. The largest absolute Gasteiger partial charge is 0.356 e. The van der Waals surface area contributed by atoms with Crippen molar-refractivity contribution in [2.24, 2.45) is 12.0 Å². The van der Waals surface area contributed by atoms with Gasteiger partial charge in [-0.3, -0.25) is 0 Å². The summed E-state index contributed by atoms with van der Waals surface area (Å²) in [7, 11) is 1.98. The highest BCUT2D eigenvalue weighted by atomic mass is 127. The van der Waals surface area contributed by atoms with Crippen LogP contribution in [0.2, 0.25) is 0 Å². The van der Waals surface area contributed by atoms with Crippen LogP contribution in [-0.4, -0.2) is 33.3 Å². The molecule has 0 amide bonds. The summed E-state index contributed by atoms with van der Waals surface area (Å²) in [6, 6.07) is 11.1. The Kier molecular flexibility index (Phi) is 8.53. The van der Waals surface area contributed by atoms with Crippen molar-refractivity contribution in [3.63, 3.8) is 0 Å². The Balaban J connectivity index is 0.00000261. The number of nitrogens with one attached hydrogen (secondary N) is 2. The molecule has 2 N–H and O–H groups in total. The van der Waals surface area contributed by atoms with E-state index in [1.54, 1.807) is 0 Å². The van der Waals surface area contributed by atoms with Crippen molar-refractivity contribution in [2.45, 2.75) is 58.0 Å². The zero-order chi connectivity index (χ0) is 18.4. The number of aliphatic imine (C=N–C) groups is 1. The molecule has 1 aliphatic rings. The molecule has 148 valence electrons. The molecular weight excluding hydrogens is 451 g/mol. The first-order valence-electron chi connectivity index (χ1n) is 9.58. The number of hydrogen-bond donors (Lipinski definition) is 2. The maximum atomic E-state index is 4.77. The summed E-state index contributed by atoms with van der Waals surface area (Å²) in [4.78, 5) is 4.77. The zero-order valence-electron chi connectivity index (χ0n) is 16.5. The Morgan fingerprint density at radius 2 is 1.93 bits per heavy atom. The van der Waals surface area contributed by atoms with Crippen LogP contribution in [0.3, 0.4) is 0 Å². The van der Waals surface area contributed by atoms with Gasteiger partial charge in [0.1, 0.15) is 12.4 Å². The van der Waals surface area contributed by atoms with E-state index >= 15 is 0 Å². The fourth-order valence-electron chi connectivity index (χ4n) is 3.30. The lowest BCUT2D eigenvalue weighted by molar-refractivity contribution is 0.602. The third kappa shape index (κ3) is 6.19. The second kappa shape index (κ2) is 10.6. The van der Waals surface area contributed by atoms with Crippen molar-refractivity contribution in [3.05, 3.63) is 47.5 Å². The Morgan fingerprint density at radius 1 is 1.22 bits per heavy atom. The zero-order valence-corrected chi connectivity index (χ0v) is 18.8. The van der Waals surface area contributed by atoms with E-state index in [1.807, 2.05) is 18.5 Å². The van der Waals surface area contributed by atoms with E-state index in [9.17, 15) is 0 Å². The molecule has 1 atom stereocenters. The van der Waals surface area contributed by atoms with Gasteiger partial charge < -0.3 is 15.2 Å². The van der Waals surface area contributed by atoms with Gasteiger partial charge in [-0.25, -0.2) is 4.99 Å². The van der Waals surface area contributed by atoms with Gasteiger partial charge in [-0.2, -0.15) is 0 Å². The van der Waals surface area contributed by atoms with Crippen LogP contribution < -0.4 is 10.6 Å². The van der Waals surface area contributed by atoms with Gasteiger partial charge in [0.25, 0.3) is 0 Å². The molecule has 0 aliphatic heterocycles. The van der Waals surface area contributed by atoms with Crippen molar-refractivity contribution in [1.29, 1.82) is 0 Å². The highest BCUT2D eigenvalue weighted by Gasteiger charge is 2.17. The topological polar surface area (TPSA) is 67.1 Å². The first-order chi connectivity index (χ1) is 12.6. The van der Waals surface area contributed by atoms with Gasteiger partial charge in [0, 0.05) is 19.6 Å². The number of aromatic nitrogens is 3. The summed E-state index contributed by atoms with van der Waals surface area (Å²) >= 11 is 0. The molecule has 0 radical (unpaired) electrons. The van der Waals surface area contributed by atoms with Gasteiger partial charge in [-0.15, -0.1) is 34.2 Å². The SMILES string of the molecule is Cc1nnc(CN=C(NCC(C)c2ccccc2)NC2CCCC2)n1C.I. The second-order valence-corrected chi connectivity index (χ2v) is 7.21. The summed E-state index contributed by atoms with van der Waals surface area (Å²) in [5.74, 6) is 3.08. The molecule has 1 aliphatic carbocycles. The van der Waals surface area contributed by atoms with Crippen molar-refractivity contribution >= 4 is 29.9 Å². The van der Waals surface area contributed by atoms with E-state index in [0.717, 1.165) is 24.2 Å². The number of hydrogen-bond acceptors (Lipinski definition) is 3. The van der Waals surface area contributed by atoms with Crippen LogP contribution in [0.1, 0.15) is 55.7 Å². The number of benzene rings is 1. The lowest BCUT2D eigenvalue weighted by atomic mass is 10.0. The first-order valence-corrected chi connectivity index (χ1v) is 9.58. The minimum absolute atomic E-state index is 0. The van der Waals surface area contributed by atoms with Crippen LogP contribution in [0.4, 0.5) is 0 Å². The molecule has 1 unspecified atom stereocenters. The molecule has 1 saturated carbocycles. The molecule has 2 aromatic rings. The Morgan fingerprint density at radius 3 is 2.56 bits per heavy atom. The number of aryl methyl sites for hydroxylation is 1. The second-order valence-electron chi connectivity index (χ2n) is 7.21. The summed E-state index contributed by atoms with van der Waals surface area (Å²) in [5, 5.41) is 15.4. The molecule has 0 spiro atoms. The molecule has 0 bridgehead atoms. The number of nitrogens with zero attached hydrogens (tertiary/aromatic N) is 4. The minimum atomic E-state index is 0. The summed E-state index contributed by atoms with van der Waals surface area (Å²) < 4.78 is 1.99. The van der Waals surface area contributed by atoms with E-state index in [1.165, 1.54) is 31.2 Å². The third-order valence-electron chi connectivity index (χ3n) is 5.20. The quantitative estimate of drug-likeness (QED) is 0.376. The summed E-state index contributed by atoms with van der Waals surface area (Å²) in [5.41, 5.74) is 1.34. The maximum absolute atomic E-state index is 4.77. The van der Waals surface area contributed by atoms with Gasteiger partial charge in [0.05, 0.1) is 0 Å². The lowest BCUT2D eigenvalue weighted by Gasteiger charge is -2.20. The van der Waals surface area contributed by atoms with Crippen molar-refractivity contribution in [1.82, 2.24) is 25.4 Å². The van der Waals surface area contributed by atoms with Crippen molar-refractivity contribution in [2.75, 3.05) is 6.54 Å². The molecule has 3 rings (SSSR count). The van der Waals surface area contributed by atoms with E-state index < -0.39 is 0 Å². The highest BCUT2D eigenvalue weighted by molar-refractivity contribution is 14.0. The fraction of sp³-hybridized carbons (Fsp3) is 0.550. The lowest BCUT2D eigenvalue weighted by Crippen LogP contribution is -2.43. The van der Waals surface area contributed by atoms with E-state index in [0.29, 0.717) is 18.5 Å². The molecule has 1 aromatic carbocycles. The molecule has 1 fully saturated rings. The average molecular weight is 482 g/mol. The minimum Gasteiger partial charge on any atom is -0.356 e. The average Bonchev–Trinajstić information content (AvgIpc) is 3.29. The van der Waals surface area contributed by atoms with Gasteiger partial charge in [0.15, 0.2) is 11.8 Å². The maximum Gasteiger partial charge on any atom is 0.191 e. The predicted octanol–water partition coefficient (Wildman–Crippen LogP) is 3.52. The van der Waals surface area contributed by atoms with E-state index in [4.69, 9.17) is 4.99 Å². The van der Waals surface area contributed by atoms with Crippen LogP contribution in [0.25, 0.3) is 0 Å². The monoisotopic (exact) mass is 482 g/mol. The molecule has 1 aromatic heterocycles. The van der Waals surface area contributed by atoms with Crippen LogP contribution in [0.15, 0.2) is 35.3 Å². The standard InChI is InChI=1S/C20H30N6.HI/c1-15(17-9-5-4-6-10-17)13-21-20(23-18-11-7-8-12-18)22-14-19-25-24-16(2)26(19)3;/h4-6,9-10,15,18H,7-8,11-14H2,1-3H3,(H2,21,22,23);1H. The summed E-state index contributed by atoms with van der Waals surface area (Å²) in [6.07, 6.45) is 5.04. The highest BCUT2D eigenvalue weighted by Crippen LogP contribution is 2.18. The van der Waals surface area contributed by atoms with Crippen molar-refractivity contribution in [3.8, 4) is 0 Å². The molecule has 0 saturated heterocycles. The molecule has 7 heteroatoms. The van der Waals surface area contributed by atoms with Crippen LogP contribution in [0.5, 0.6) is 0 Å². The molecular formula is C20H31IN6. The molecule has 6 nitrogen and oxygen atoms in total. The third-order valence-corrected chi connectivity index (χ3v) is 5.20.